The molecule has 1 aliphatic carbocycles. The molecule has 1 aliphatic heterocycles. The number of hydrogen-bond acceptors (Lipinski definition) is 7. The summed E-state index contributed by atoms with van der Waals surface area (Å²) in [5.41, 5.74) is 0.315. The van der Waals surface area contributed by atoms with Crippen LogP contribution >= 0.6 is 0 Å². The molecule has 0 radical (unpaired) electrons. The van der Waals surface area contributed by atoms with Crippen LogP contribution < -0.4 is 4.74 Å². The Morgan fingerprint density at radius 2 is 1.82 bits per heavy atom. The summed E-state index contributed by atoms with van der Waals surface area (Å²) in [5.74, 6) is -0.439. The maximum atomic E-state index is 11.9. The van der Waals surface area contributed by atoms with Crippen LogP contribution in [0.5, 0.6) is 11.5 Å². The van der Waals surface area contributed by atoms with Gasteiger partial charge >= 0.3 is 5.97 Å². The van der Waals surface area contributed by atoms with E-state index in [9.17, 15) is 30.3 Å². The number of carboxylic acid groups (broad SMARTS) is 1. The maximum absolute atomic E-state index is 11.9. The van der Waals surface area contributed by atoms with Gasteiger partial charge < -0.3 is 35.0 Å². The fourth-order valence-electron chi connectivity index (χ4n) is 5.09. The zero-order valence-corrected chi connectivity index (χ0v) is 18.5. The predicted octanol–water partition coefficient (Wildman–Crippen LogP) is 2.89. The van der Waals surface area contributed by atoms with Crippen LogP contribution in [0, 0.1) is 5.92 Å². The third-order valence-electron chi connectivity index (χ3n) is 6.89. The van der Waals surface area contributed by atoms with Crippen LogP contribution in [0.4, 0.5) is 0 Å². The summed E-state index contributed by atoms with van der Waals surface area (Å²) in [6, 6.07) is 8.31. The molecule has 0 aromatic heterocycles. The molecule has 8 heteroatoms. The maximum Gasteiger partial charge on any atom is 0.344 e. The second-order valence-corrected chi connectivity index (χ2v) is 9.21. The van der Waals surface area contributed by atoms with Crippen molar-refractivity contribution in [2.75, 3.05) is 6.61 Å². The van der Waals surface area contributed by atoms with E-state index >= 15 is 0 Å². The lowest BCUT2D eigenvalue weighted by Crippen LogP contribution is -2.44. The van der Waals surface area contributed by atoms with E-state index in [-0.39, 0.29) is 12.2 Å². The van der Waals surface area contributed by atoms with Crippen LogP contribution in [0.2, 0.25) is 0 Å². The summed E-state index contributed by atoms with van der Waals surface area (Å²) < 4.78 is 11.6. The van der Waals surface area contributed by atoms with Gasteiger partial charge in [0.05, 0.1) is 18.8 Å². The number of carboxylic acids is 1. The summed E-state index contributed by atoms with van der Waals surface area (Å²) in [5, 5.41) is 51.8. The van der Waals surface area contributed by atoms with Crippen molar-refractivity contribution in [3.63, 3.8) is 0 Å². The second-order valence-electron chi connectivity index (χ2n) is 9.21. The number of carbonyl (C=O) groups is 1. The van der Waals surface area contributed by atoms with Gasteiger partial charge in [0, 0.05) is 12.0 Å². The first kappa shape index (κ1) is 23.8. The molecule has 2 aliphatic rings. The predicted molar refractivity (Wildman–Crippen MR) is 120 cm³/mol. The largest absolute Gasteiger partial charge is 0.508 e. The van der Waals surface area contributed by atoms with E-state index in [1.807, 2.05) is 0 Å². The van der Waals surface area contributed by atoms with E-state index in [4.69, 9.17) is 9.47 Å². The molecular formula is C25H32O8. The number of rotatable bonds is 7. The van der Waals surface area contributed by atoms with E-state index < -0.39 is 43.1 Å². The van der Waals surface area contributed by atoms with E-state index in [1.165, 1.54) is 12.5 Å². The first-order valence-corrected chi connectivity index (χ1v) is 11.6. The first-order chi connectivity index (χ1) is 15.9. The molecule has 4 rings (SSSR count). The number of benzene rings is 2. The van der Waals surface area contributed by atoms with Crippen molar-refractivity contribution in [2.24, 2.45) is 5.92 Å². The molecule has 5 atom stereocenters. The third-order valence-corrected chi connectivity index (χ3v) is 6.89. The fraction of sp³-hybridized carbons (Fsp3) is 0.560. The smallest absolute Gasteiger partial charge is 0.344 e. The Bertz CT molecular complexity index is 970. The number of phenolic OH excluding ortho intramolecular Hbond substituents is 1. The summed E-state index contributed by atoms with van der Waals surface area (Å²) in [6.07, 6.45) is 0.926. The number of aliphatic hydroxyl groups is 3. The number of hydrogen-bond donors (Lipinski definition) is 5. The molecule has 33 heavy (non-hydrogen) atoms. The van der Waals surface area contributed by atoms with Gasteiger partial charge in [-0.05, 0) is 41.3 Å². The number of aromatic hydroxyl groups is 1. The number of ether oxygens (including phenoxy) is 2. The molecule has 1 saturated carbocycles. The van der Waals surface area contributed by atoms with Gasteiger partial charge in [-0.25, -0.2) is 4.79 Å². The Hall–Kier alpha value is -2.39. The standard InChI is InChI=1S/C25H32O8/c26-13-22-19(28)12-20(29)24(33-22)23-17-11-16(8-6-15(17)7-9-18(23)27)32-21(25(30)31)10-14-4-2-1-3-5-14/h6-9,11,14,19-22,24,26-29H,1-5,10,12-13H2,(H,30,31)/t19?,20-,21?,22+,24?/m0/s1. The van der Waals surface area contributed by atoms with Crippen molar-refractivity contribution in [3.8, 4) is 11.5 Å². The van der Waals surface area contributed by atoms with Crippen LogP contribution in [0.25, 0.3) is 10.8 Å². The van der Waals surface area contributed by atoms with Crippen molar-refractivity contribution in [3.05, 3.63) is 35.9 Å². The monoisotopic (exact) mass is 460 g/mol. The highest BCUT2D eigenvalue weighted by atomic mass is 16.5. The molecule has 180 valence electrons. The average molecular weight is 461 g/mol. The van der Waals surface area contributed by atoms with E-state index in [2.05, 4.69) is 0 Å². The Balaban J connectivity index is 1.64. The number of aliphatic hydroxyl groups excluding tert-OH is 3. The Kier molecular flexibility index (Phi) is 7.38. The molecule has 2 aromatic rings. The van der Waals surface area contributed by atoms with Crippen molar-refractivity contribution in [2.45, 2.75) is 75.5 Å². The van der Waals surface area contributed by atoms with Gasteiger partial charge in [0.2, 0.25) is 0 Å². The highest BCUT2D eigenvalue weighted by Gasteiger charge is 2.38. The normalized spacial score (nSPS) is 27.4. The average Bonchev–Trinajstić information content (AvgIpc) is 2.80. The number of phenols is 1. The molecule has 2 aromatic carbocycles. The molecule has 3 unspecified atom stereocenters. The van der Waals surface area contributed by atoms with Crippen LogP contribution in [-0.2, 0) is 9.53 Å². The number of aliphatic carboxylic acids is 1. The lowest BCUT2D eigenvalue weighted by atomic mass is 9.85. The molecule has 1 saturated heterocycles. The van der Waals surface area contributed by atoms with Crippen molar-refractivity contribution in [1.82, 2.24) is 0 Å². The molecule has 0 bridgehead atoms. The highest BCUT2D eigenvalue weighted by Crippen LogP contribution is 2.41. The summed E-state index contributed by atoms with van der Waals surface area (Å²) in [6.45, 7) is -0.425. The minimum atomic E-state index is -1.10. The van der Waals surface area contributed by atoms with Crippen LogP contribution in [0.1, 0.15) is 56.6 Å². The van der Waals surface area contributed by atoms with Crippen molar-refractivity contribution < 1.29 is 39.8 Å². The SMILES string of the molecule is O=C(O)C(CC1CCCCC1)Oc1ccc2ccc(O)c(C3O[C@H](CO)C(O)C[C@@H]3O)c2c1. The van der Waals surface area contributed by atoms with Gasteiger partial charge in [0.25, 0.3) is 0 Å². The molecule has 0 spiro atoms. The van der Waals surface area contributed by atoms with Gasteiger partial charge in [0.1, 0.15) is 23.7 Å². The zero-order chi connectivity index (χ0) is 23.5. The van der Waals surface area contributed by atoms with Crippen molar-refractivity contribution in [1.29, 1.82) is 0 Å². The van der Waals surface area contributed by atoms with Gasteiger partial charge in [-0.1, -0.05) is 44.2 Å². The van der Waals surface area contributed by atoms with E-state index in [0.717, 1.165) is 31.1 Å². The molecule has 1 heterocycles. The Morgan fingerprint density at radius 3 is 2.52 bits per heavy atom. The van der Waals surface area contributed by atoms with Gasteiger partial charge in [-0.3, -0.25) is 0 Å². The lowest BCUT2D eigenvalue weighted by molar-refractivity contribution is -0.181. The quantitative estimate of drug-likeness (QED) is 0.425. The Labute approximate surface area is 192 Å². The molecule has 0 amide bonds. The first-order valence-electron chi connectivity index (χ1n) is 11.6. The van der Waals surface area contributed by atoms with Gasteiger partial charge in [-0.15, -0.1) is 0 Å². The molecular weight excluding hydrogens is 428 g/mol. The van der Waals surface area contributed by atoms with Crippen LogP contribution in [0.3, 0.4) is 0 Å². The second kappa shape index (κ2) is 10.3. The van der Waals surface area contributed by atoms with Gasteiger partial charge in [0.15, 0.2) is 6.10 Å². The van der Waals surface area contributed by atoms with Gasteiger partial charge in [-0.2, -0.15) is 0 Å². The minimum Gasteiger partial charge on any atom is -0.508 e. The summed E-state index contributed by atoms with van der Waals surface area (Å²) in [4.78, 5) is 11.9. The highest BCUT2D eigenvalue weighted by molar-refractivity contribution is 5.89. The third kappa shape index (κ3) is 5.24. The molecule has 8 nitrogen and oxygen atoms in total. The molecule has 5 N–H and O–H groups in total. The van der Waals surface area contributed by atoms with Crippen molar-refractivity contribution >= 4 is 16.7 Å². The van der Waals surface area contributed by atoms with Crippen LogP contribution in [-0.4, -0.2) is 62.5 Å². The zero-order valence-electron chi connectivity index (χ0n) is 18.5. The van der Waals surface area contributed by atoms with E-state index in [1.54, 1.807) is 24.3 Å². The topological polar surface area (TPSA) is 137 Å². The number of fused-ring (bicyclic) bond motifs is 1. The minimum absolute atomic E-state index is 0.00954. The fourth-order valence-corrected chi connectivity index (χ4v) is 5.09. The Morgan fingerprint density at radius 1 is 1.09 bits per heavy atom. The van der Waals surface area contributed by atoms with E-state index in [0.29, 0.717) is 29.0 Å². The molecule has 2 fully saturated rings. The summed E-state index contributed by atoms with van der Waals surface area (Å²) in [7, 11) is 0. The summed E-state index contributed by atoms with van der Waals surface area (Å²) >= 11 is 0. The lowest BCUT2D eigenvalue weighted by Gasteiger charge is -2.37. The van der Waals surface area contributed by atoms with Crippen LogP contribution in [0.15, 0.2) is 30.3 Å².